The van der Waals surface area contributed by atoms with Crippen molar-refractivity contribution in [3.8, 4) is 0 Å². The first-order chi connectivity index (χ1) is 6.16. The number of aliphatic carboxylic acids is 1. The monoisotopic (exact) mass is 189 g/mol. The summed E-state index contributed by atoms with van der Waals surface area (Å²) in [7, 11) is 1.73. The largest absolute Gasteiger partial charge is 0.480 e. The molecule has 0 aromatic carbocycles. The Balaban J connectivity index is 3.17. The molecule has 0 aliphatic heterocycles. The van der Waals surface area contributed by atoms with Crippen molar-refractivity contribution >= 4 is 5.97 Å². The Kier molecular flexibility index (Phi) is 7.63. The Morgan fingerprint density at radius 3 is 2.69 bits per heavy atom. The van der Waals surface area contributed by atoms with Gasteiger partial charge in [0.1, 0.15) is 0 Å². The number of hydrogen-bond acceptors (Lipinski definition) is 3. The van der Waals surface area contributed by atoms with E-state index in [0.717, 1.165) is 13.0 Å². The fraction of sp³-hybridized carbons (Fsp3) is 0.889. The average Bonchev–Trinajstić information content (AvgIpc) is 2.02. The number of ether oxygens (including phenoxy) is 1. The number of nitrogens with zero attached hydrogens (tertiary/aromatic N) is 1. The van der Waals surface area contributed by atoms with Gasteiger partial charge in [0.2, 0.25) is 0 Å². The van der Waals surface area contributed by atoms with Gasteiger partial charge in [-0.2, -0.15) is 0 Å². The summed E-state index contributed by atoms with van der Waals surface area (Å²) < 4.78 is 5.26. The lowest BCUT2D eigenvalue weighted by Gasteiger charge is -2.13. The van der Waals surface area contributed by atoms with E-state index in [1.807, 2.05) is 0 Å². The summed E-state index contributed by atoms with van der Waals surface area (Å²) >= 11 is 0. The first-order valence-electron chi connectivity index (χ1n) is 4.65. The Morgan fingerprint density at radius 2 is 2.15 bits per heavy atom. The van der Waals surface area contributed by atoms with E-state index in [4.69, 9.17) is 9.84 Å². The molecule has 0 aromatic heterocycles. The van der Waals surface area contributed by atoms with Crippen molar-refractivity contribution in [2.45, 2.75) is 26.2 Å². The van der Waals surface area contributed by atoms with Crippen molar-refractivity contribution in [3.63, 3.8) is 0 Å². The van der Waals surface area contributed by atoms with Gasteiger partial charge in [-0.15, -0.1) is 0 Å². The van der Waals surface area contributed by atoms with Gasteiger partial charge >= 0.3 is 5.97 Å². The van der Waals surface area contributed by atoms with Gasteiger partial charge < -0.3 is 9.84 Å². The molecule has 0 unspecified atom stereocenters. The summed E-state index contributed by atoms with van der Waals surface area (Å²) in [6.07, 6.45) is 3.40. The molecule has 78 valence electrons. The maximum Gasteiger partial charge on any atom is 0.317 e. The number of hydrogen-bond donors (Lipinski definition) is 1. The topological polar surface area (TPSA) is 49.8 Å². The number of carboxylic acid groups (broad SMARTS) is 1. The minimum atomic E-state index is -0.820. The van der Waals surface area contributed by atoms with Crippen LogP contribution in [0.3, 0.4) is 0 Å². The molecule has 0 fully saturated rings. The van der Waals surface area contributed by atoms with Crippen molar-refractivity contribution in [1.29, 1.82) is 0 Å². The minimum absolute atomic E-state index is 0.0355. The molecule has 1 N–H and O–H groups in total. The van der Waals surface area contributed by atoms with Crippen LogP contribution in [0.4, 0.5) is 0 Å². The quantitative estimate of drug-likeness (QED) is 0.460. The molecule has 0 heterocycles. The van der Waals surface area contributed by atoms with E-state index < -0.39 is 5.97 Å². The van der Waals surface area contributed by atoms with Crippen LogP contribution in [-0.4, -0.2) is 42.9 Å². The van der Waals surface area contributed by atoms with Crippen LogP contribution in [-0.2, 0) is 9.53 Å². The van der Waals surface area contributed by atoms with Crippen molar-refractivity contribution in [3.05, 3.63) is 0 Å². The fourth-order valence-corrected chi connectivity index (χ4v) is 0.951. The van der Waals surface area contributed by atoms with E-state index in [1.54, 1.807) is 11.9 Å². The van der Waals surface area contributed by atoms with Crippen molar-refractivity contribution < 1.29 is 14.6 Å². The average molecular weight is 189 g/mol. The molecule has 0 amide bonds. The Bertz CT molecular complexity index is 139. The molecule has 0 aromatic rings. The van der Waals surface area contributed by atoms with E-state index in [0.29, 0.717) is 6.73 Å². The van der Waals surface area contributed by atoms with Crippen LogP contribution < -0.4 is 0 Å². The van der Waals surface area contributed by atoms with Gasteiger partial charge in [0, 0.05) is 6.61 Å². The van der Waals surface area contributed by atoms with Gasteiger partial charge in [0.25, 0.3) is 0 Å². The van der Waals surface area contributed by atoms with Crippen LogP contribution in [0.15, 0.2) is 0 Å². The SMILES string of the molecule is CCCCCOCN(C)CC(=O)O. The van der Waals surface area contributed by atoms with Gasteiger partial charge in [-0.3, -0.25) is 9.69 Å². The zero-order valence-corrected chi connectivity index (χ0v) is 8.45. The lowest BCUT2D eigenvalue weighted by atomic mass is 10.3. The molecule has 4 heteroatoms. The Morgan fingerprint density at radius 1 is 1.46 bits per heavy atom. The summed E-state index contributed by atoms with van der Waals surface area (Å²) in [5, 5.41) is 8.43. The van der Waals surface area contributed by atoms with Gasteiger partial charge in [0.05, 0.1) is 13.3 Å². The summed E-state index contributed by atoms with van der Waals surface area (Å²) in [6.45, 7) is 3.29. The highest BCUT2D eigenvalue weighted by Crippen LogP contribution is 1.94. The standard InChI is InChI=1S/C9H19NO3/c1-3-4-5-6-13-8-10(2)7-9(11)12/h3-8H2,1-2H3,(H,11,12). The van der Waals surface area contributed by atoms with Gasteiger partial charge in [-0.25, -0.2) is 0 Å². The normalized spacial score (nSPS) is 10.7. The predicted molar refractivity (Wildman–Crippen MR) is 50.6 cm³/mol. The molecular formula is C9H19NO3. The molecule has 0 rings (SSSR count). The number of unbranched alkanes of at least 4 members (excludes halogenated alkanes) is 2. The third-order valence-electron chi connectivity index (χ3n) is 1.61. The van der Waals surface area contributed by atoms with Crippen LogP contribution in [0.5, 0.6) is 0 Å². The zero-order chi connectivity index (χ0) is 10.1. The van der Waals surface area contributed by atoms with Crippen LogP contribution in [0.25, 0.3) is 0 Å². The molecule has 0 saturated heterocycles. The molecule has 4 nitrogen and oxygen atoms in total. The number of likely N-dealkylation sites (N-methyl/N-ethyl adjacent to an activating group) is 1. The van der Waals surface area contributed by atoms with E-state index in [2.05, 4.69) is 6.92 Å². The Labute approximate surface area is 79.5 Å². The highest BCUT2D eigenvalue weighted by atomic mass is 16.5. The molecule has 13 heavy (non-hydrogen) atoms. The maximum atomic E-state index is 10.2. The summed E-state index contributed by atoms with van der Waals surface area (Å²) in [4.78, 5) is 11.9. The number of carboxylic acids is 1. The van der Waals surface area contributed by atoms with Gasteiger partial charge in [-0.1, -0.05) is 19.8 Å². The van der Waals surface area contributed by atoms with Crippen molar-refractivity contribution in [1.82, 2.24) is 4.90 Å². The van der Waals surface area contributed by atoms with Gasteiger partial charge in [-0.05, 0) is 13.5 Å². The van der Waals surface area contributed by atoms with Crippen LogP contribution >= 0.6 is 0 Å². The maximum absolute atomic E-state index is 10.2. The lowest BCUT2D eigenvalue weighted by Crippen LogP contribution is -2.28. The van der Waals surface area contributed by atoms with Gasteiger partial charge in [0.15, 0.2) is 0 Å². The second-order valence-electron chi connectivity index (χ2n) is 3.15. The fourth-order valence-electron chi connectivity index (χ4n) is 0.951. The minimum Gasteiger partial charge on any atom is -0.480 e. The van der Waals surface area contributed by atoms with Crippen molar-refractivity contribution in [2.75, 3.05) is 26.9 Å². The third-order valence-corrected chi connectivity index (χ3v) is 1.61. The second-order valence-corrected chi connectivity index (χ2v) is 3.15. The smallest absolute Gasteiger partial charge is 0.317 e. The van der Waals surface area contributed by atoms with Crippen molar-refractivity contribution in [2.24, 2.45) is 0 Å². The highest BCUT2D eigenvalue weighted by molar-refractivity contribution is 5.68. The second kappa shape index (κ2) is 8.01. The zero-order valence-electron chi connectivity index (χ0n) is 8.45. The van der Waals surface area contributed by atoms with E-state index in [1.165, 1.54) is 12.8 Å². The summed E-state index contributed by atoms with van der Waals surface area (Å²) in [5.41, 5.74) is 0. The molecular weight excluding hydrogens is 170 g/mol. The lowest BCUT2D eigenvalue weighted by molar-refractivity contribution is -0.139. The molecule has 0 spiro atoms. The summed E-state index contributed by atoms with van der Waals surface area (Å²) in [5.74, 6) is -0.820. The first kappa shape index (κ1) is 12.4. The molecule has 0 atom stereocenters. The Hall–Kier alpha value is -0.610. The van der Waals surface area contributed by atoms with E-state index in [-0.39, 0.29) is 6.54 Å². The van der Waals surface area contributed by atoms with Crippen LogP contribution in [0.1, 0.15) is 26.2 Å². The molecule has 0 aliphatic carbocycles. The summed E-state index contributed by atoms with van der Waals surface area (Å²) in [6, 6.07) is 0. The van der Waals surface area contributed by atoms with E-state index in [9.17, 15) is 4.79 Å². The molecule has 0 saturated carbocycles. The molecule has 0 radical (unpaired) electrons. The number of rotatable bonds is 8. The number of carbonyl (C=O) groups is 1. The third kappa shape index (κ3) is 9.30. The first-order valence-corrected chi connectivity index (χ1v) is 4.65. The van der Waals surface area contributed by atoms with E-state index >= 15 is 0 Å². The predicted octanol–water partition coefficient (Wildman–Crippen LogP) is 1.17. The van der Waals surface area contributed by atoms with Crippen LogP contribution in [0.2, 0.25) is 0 Å². The highest BCUT2D eigenvalue weighted by Gasteiger charge is 2.02. The molecule has 0 aliphatic rings. The molecule has 0 bridgehead atoms. The van der Waals surface area contributed by atoms with Crippen LogP contribution in [0, 0.1) is 0 Å².